The molecule has 4 rings (SSSR count). The number of carbonyl (C=O) groups is 2. The van der Waals surface area contributed by atoms with Crippen molar-refractivity contribution in [2.75, 3.05) is 25.6 Å². The molecule has 1 saturated heterocycles. The minimum Gasteiger partial charge on any atom is -0.496 e. The highest BCUT2D eigenvalue weighted by Crippen LogP contribution is 2.49. The van der Waals surface area contributed by atoms with Gasteiger partial charge < -0.3 is 19.5 Å². The van der Waals surface area contributed by atoms with Gasteiger partial charge >= 0.3 is 11.8 Å². The maximum Gasteiger partial charge on any atom is 0.411 e. The molecule has 1 fully saturated rings. The molecule has 2 aromatic rings. The van der Waals surface area contributed by atoms with Crippen LogP contribution in [0.4, 0.5) is 10.5 Å². The quantitative estimate of drug-likeness (QED) is 0.296. The molecule has 216 valence electrons. The number of ether oxygens (including phenoxy) is 2. The zero-order chi connectivity index (χ0) is 29.3. The maximum atomic E-state index is 13.6. The molecule has 2 aromatic carbocycles. The Labute approximate surface area is 235 Å². The number of piperidine rings is 1. The van der Waals surface area contributed by atoms with E-state index in [9.17, 15) is 24.8 Å². The van der Waals surface area contributed by atoms with E-state index < -0.39 is 27.9 Å². The van der Waals surface area contributed by atoms with E-state index in [4.69, 9.17) is 9.47 Å². The van der Waals surface area contributed by atoms with Crippen LogP contribution in [0.25, 0.3) is 0 Å². The molecule has 0 radical (unpaired) electrons. The van der Waals surface area contributed by atoms with Crippen molar-refractivity contribution in [1.29, 1.82) is 0 Å². The molecule has 10 nitrogen and oxygen atoms in total. The van der Waals surface area contributed by atoms with E-state index >= 15 is 0 Å². The highest BCUT2D eigenvalue weighted by molar-refractivity contribution is 5.96. The van der Waals surface area contributed by atoms with E-state index in [2.05, 4.69) is 0 Å². The number of hydrogen-bond acceptors (Lipinski definition) is 7. The Balaban J connectivity index is 1.76. The molecule has 0 unspecified atom stereocenters. The van der Waals surface area contributed by atoms with Crippen LogP contribution in [-0.2, 0) is 27.9 Å². The molecule has 0 aliphatic carbocycles. The molecular weight excluding hydrogens is 514 g/mol. The first-order valence-corrected chi connectivity index (χ1v) is 13.7. The van der Waals surface area contributed by atoms with Crippen LogP contribution in [0.15, 0.2) is 42.5 Å². The molecule has 0 aromatic heterocycles. The molecule has 0 spiro atoms. The van der Waals surface area contributed by atoms with Gasteiger partial charge in [-0.1, -0.05) is 30.3 Å². The van der Waals surface area contributed by atoms with Gasteiger partial charge in [0.05, 0.1) is 12.0 Å². The van der Waals surface area contributed by atoms with Gasteiger partial charge in [-0.15, -0.1) is 0 Å². The van der Waals surface area contributed by atoms with Gasteiger partial charge in [-0.2, -0.15) is 0 Å². The summed E-state index contributed by atoms with van der Waals surface area (Å²) in [5, 5.41) is 24.4. The van der Waals surface area contributed by atoms with E-state index in [1.54, 1.807) is 70.2 Å². The standard InChI is InChI=1S/C30H39N3O7/c1-28(2,3)40-27(35)32-18-10-17-30(36,33(37)38)29(32,23-12-7-6-8-13-23)16-9-11-22-19-24-21(20-25(22)39-5)14-15-26(34)31(24)4/h6-8,12-13,19-20,36H,9-11,14-18H2,1-5H3/t29-,30+/m0/s1. The monoisotopic (exact) mass is 553 g/mol. The zero-order valence-electron chi connectivity index (χ0n) is 23.9. The van der Waals surface area contributed by atoms with Gasteiger partial charge in [0.2, 0.25) is 5.91 Å². The zero-order valence-corrected chi connectivity index (χ0v) is 23.9. The number of anilines is 1. The Hall–Kier alpha value is -3.66. The fourth-order valence-corrected chi connectivity index (χ4v) is 6.11. The van der Waals surface area contributed by atoms with Crippen molar-refractivity contribution in [3.05, 3.63) is 69.3 Å². The Bertz CT molecular complexity index is 1280. The number of aryl methyl sites for hydroxylation is 2. The second kappa shape index (κ2) is 11.1. The van der Waals surface area contributed by atoms with Gasteiger partial charge in [0.15, 0.2) is 5.54 Å². The van der Waals surface area contributed by atoms with Crippen LogP contribution in [0, 0.1) is 10.1 Å². The molecule has 2 aliphatic heterocycles. The van der Waals surface area contributed by atoms with Gasteiger partial charge in [0, 0.05) is 32.1 Å². The molecule has 2 amide bonds. The van der Waals surface area contributed by atoms with Crippen molar-refractivity contribution in [3.8, 4) is 5.75 Å². The van der Waals surface area contributed by atoms with Crippen molar-refractivity contribution in [2.24, 2.45) is 0 Å². The van der Waals surface area contributed by atoms with Crippen LogP contribution < -0.4 is 9.64 Å². The van der Waals surface area contributed by atoms with Crippen LogP contribution >= 0.6 is 0 Å². The average Bonchev–Trinajstić information content (AvgIpc) is 2.90. The van der Waals surface area contributed by atoms with Crippen LogP contribution in [0.2, 0.25) is 0 Å². The summed E-state index contributed by atoms with van der Waals surface area (Å²) in [7, 11) is 3.34. The maximum absolute atomic E-state index is 13.6. The molecule has 2 aliphatic rings. The number of aliphatic hydroxyl groups is 1. The molecule has 40 heavy (non-hydrogen) atoms. The fourth-order valence-electron chi connectivity index (χ4n) is 6.11. The molecule has 0 bridgehead atoms. The summed E-state index contributed by atoms with van der Waals surface area (Å²) in [6, 6.07) is 12.6. The molecular formula is C30H39N3O7. The number of benzene rings is 2. The lowest BCUT2D eigenvalue weighted by Gasteiger charge is -2.51. The van der Waals surface area contributed by atoms with Crippen molar-refractivity contribution in [3.63, 3.8) is 0 Å². The van der Waals surface area contributed by atoms with Crippen molar-refractivity contribution in [2.45, 2.75) is 82.6 Å². The first-order valence-electron chi connectivity index (χ1n) is 13.7. The number of fused-ring (bicyclic) bond motifs is 1. The normalized spacial score (nSPS) is 23.0. The third-order valence-electron chi connectivity index (χ3n) is 8.01. The first-order chi connectivity index (χ1) is 18.8. The number of likely N-dealkylation sites (tertiary alicyclic amines) is 1. The predicted octanol–water partition coefficient (Wildman–Crippen LogP) is 4.82. The number of amides is 2. The SMILES string of the molecule is COc1cc2c(cc1CCC[C@@]1(c3ccccc3)N(C(=O)OC(C)(C)C)CCC[C@]1(O)[N+](=O)[O-])N(C)C(=O)CC2. The first kappa shape index (κ1) is 29.3. The summed E-state index contributed by atoms with van der Waals surface area (Å²) in [5.74, 6) is 0.713. The topological polar surface area (TPSA) is 122 Å². The molecule has 0 saturated carbocycles. The van der Waals surface area contributed by atoms with Crippen LogP contribution in [-0.4, -0.2) is 59.0 Å². The molecule has 10 heteroatoms. The summed E-state index contributed by atoms with van der Waals surface area (Å²) in [6.45, 7) is 5.42. The van der Waals surface area contributed by atoms with E-state index in [1.807, 2.05) is 12.1 Å². The lowest BCUT2D eigenvalue weighted by Crippen LogP contribution is -2.69. The smallest absolute Gasteiger partial charge is 0.411 e. The summed E-state index contributed by atoms with van der Waals surface area (Å²) >= 11 is 0. The molecule has 2 atom stereocenters. The van der Waals surface area contributed by atoms with Gasteiger partial charge in [0.25, 0.3) is 0 Å². The Morgan fingerprint density at radius 3 is 2.50 bits per heavy atom. The predicted molar refractivity (Wildman–Crippen MR) is 150 cm³/mol. The summed E-state index contributed by atoms with van der Waals surface area (Å²) in [5.41, 5.74) is -1.78. The Morgan fingerprint density at radius 2 is 1.88 bits per heavy atom. The number of carbonyl (C=O) groups excluding carboxylic acids is 2. The molecule has 1 N–H and O–H groups in total. The Kier molecular flexibility index (Phi) is 8.12. The number of hydrogen-bond donors (Lipinski definition) is 1. The van der Waals surface area contributed by atoms with E-state index in [-0.39, 0.29) is 31.7 Å². The highest BCUT2D eigenvalue weighted by Gasteiger charge is 2.67. The second-order valence-corrected chi connectivity index (χ2v) is 11.6. The number of methoxy groups -OCH3 is 1. The van der Waals surface area contributed by atoms with Crippen LogP contribution in [0.5, 0.6) is 5.75 Å². The van der Waals surface area contributed by atoms with Crippen molar-refractivity contribution >= 4 is 17.7 Å². The van der Waals surface area contributed by atoms with E-state index in [0.29, 0.717) is 37.0 Å². The second-order valence-electron chi connectivity index (χ2n) is 11.6. The third kappa shape index (κ3) is 5.24. The largest absolute Gasteiger partial charge is 0.496 e. The minimum atomic E-state index is -2.43. The van der Waals surface area contributed by atoms with Gasteiger partial charge in [0.1, 0.15) is 11.4 Å². The average molecular weight is 554 g/mol. The lowest BCUT2D eigenvalue weighted by atomic mass is 9.70. The van der Waals surface area contributed by atoms with Crippen LogP contribution in [0.3, 0.4) is 0 Å². The molecule has 2 heterocycles. The van der Waals surface area contributed by atoms with Gasteiger partial charge in [-0.25, -0.2) is 4.79 Å². The van der Waals surface area contributed by atoms with E-state index in [1.165, 1.54) is 4.90 Å². The summed E-state index contributed by atoms with van der Waals surface area (Å²) < 4.78 is 11.4. The number of rotatable bonds is 7. The fraction of sp³-hybridized carbons (Fsp3) is 0.533. The third-order valence-corrected chi connectivity index (χ3v) is 8.01. The van der Waals surface area contributed by atoms with E-state index in [0.717, 1.165) is 16.8 Å². The number of nitrogens with zero attached hydrogens (tertiary/aromatic N) is 3. The summed E-state index contributed by atoms with van der Waals surface area (Å²) in [4.78, 5) is 40.9. The lowest BCUT2D eigenvalue weighted by molar-refractivity contribution is -0.651. The Morgan fingerprint density at radius 1 is 1.18 bits per heavy atom. The van der Waals surface area contributed by atoms with Crippen molar-refractivity contribution < 1.29 is 29.1 Å². The highest BCUT2D eigenvalue weighted by atomic mass is 16.7. The number of nitro groups is 1. The van der Waals surface area contributed by atoms with Crippen LogP contribution in [0.1, 0.15) is 69.6 Å². The van der Waals surface area contributed by atoms with Gasteiger partial charge in [-0.3, -0.25) is 19.8 Å². The minimum absolute atomic E-state index is 0.0397. The van der Waals surface area contributed by atoms with Crippen molar-refractivity contribution in [1.82, 2.24) is 4.90 Å². The summed E-state index contributed by atoms with van der Waals surface area (Å²) in [6.07, 6.45) is 1.44. The van der Waals surface area contributed by atoms with Gasteiger partial charge in [-0.05, 0) is 81.7 Å².